The smallest absolute Gasteiger partial charge is 0.201 e. The number of anilines is 1. The van der Waals surface area contributed by atoms with E-state index in [0.717, 1.165) is 22.6 Å². The maximum atomic E-state index is 13.1. The van der Waals surface area contributed by atoms with Crippen LogP contribution in [-0.2, 0) is 13.0 Å². The Kier molecular flexibility index (Phi) is 2.94. The van der Waals surface area contributed by atoms with Crippen molar-refractivity contribution in [3.63, 3.8) is 0 Å². The van der Waals surface area contributed by atoms with E-state index in [1.54, 1.807) is 17.4 Å². The highest BCUT2D eigenvalue weighted by Gasteiger charge is 2.09. The molecule has 6 heteroatoms. The Labute approximate surface area is 113 Å². The maximum absolute atomic E-state index is 13.1. The topological polar surface area (TPSA) is 56.7 Å². The highest BCUT2D eigenvalue weighted by atomic mass is 32.1. The normalized spacial score (nSPS) is 11.3. The zero-order valence-corrected chi connectivity index (χ0v) is 11.2. The molecule has 0 amide bonds. The molecule has 98 valence electrons. The van der Waals surface area contributed by atoms with Gasteiger partial charge < -0.3 is 10.3 Å². The van der Waals surface area contributed by atoms with Crippen molar-refractivity contribution in [2.45, 2.75) is 19.9 Å². The van der Waals surface area contributed by atoms with E-state index in [9.17, 15) is 4.39 Å². The number of hydrogen-bond acceptors (Lipinski definition) is 4. The molecule has 3 aromatic rings. The number of thiazole rings is 1. The first-order valence-corrected chi connectivity index (χ1v) is 6.84. The van der Waals surface area contributed by atoms with Crippen LogP contribution in [0.3, 0.4) is 0 Å². The molecule has 1 aromatic carbocycles. The van der Waals surface area contributed by atoms with E-state index in [0.29, 0.717) is 18.0 Å². The third-order valence-corrected chi connectivity index (χ3v) is 3.98. The number of nitrogens with two attached hydrogens (primary N) is 1. The van der Waals surface area contributed by atoms with Crippen molar-refractivity contribution >= 4 is 28.3 Å². The second kappa shape index (κ2) is 4.62. The Bertz CT molecular complexity index is 731. The zero-order chi connectivity index (χ0) is 13.4. The van der Waals surface area contributed by atoms with Crippen LogP contribution < -0.4 is 5.73 Å². The largest absolute Gasteiger partial charge is 0.369 e. The molecule has 2 heterocycles. The lowest BCUT2D eigenvalue weighted by Crippen LogP contribution is -2.05. The van der Waals surface area contributed by atoms with Gasteiger partial charge in [0.25, 0.3) is 0 Å². The van der Waals surface area contributed by atoms with Gasteiger partial charge in [-0.3, -0.25) is 0 Å². The molecule has 0 aliphatic rings. The fraction of sp³-hybridized carbons (Fsp3) is 0.231. The second-order valence-electron chi connectivity index (χ2n) is 4.39. The number of halogens is 1. The average Bonchev–Trinajstić information content (AvgIpc) is 2.89. The third kappa shape index (κ3) is 2.31. The SMILES string of the molecule is Cc1csc(CCn2c(N)nc3cc(F)ccc32)n1. The predicted octanol–water partition coefficient (Wildman–Crippen LogP) is 2.77. The van der Waals surface area contributed by atoms with Gasteiger partial charge in [0, 0.05) is 30.1 Å². The van der Waals surface area contributed by atoms with E-state index in [2.05, 4.69) is 9.97 Å². The molecule has 0 aliphatic carbocycles. The van der Waals surface area contributed by atoms with E-state index >= 15 is 0 Å². The summed E-state index contributed by atoms with van der Waals surface area (Å²) in [6.45, 7) is 2.67. The Hall–Kier alpha value is -1.95. The van der Waals surface area contributed by atoms with Gasteiger partial charge >= 0.3 is 0 Å². The van der Waals surface area contributed by atoms with Crippen LogP contribution in [-0.4, -0.2) is 14.5 Å². The number of imidazole rings is 1. The van der Waals surface area contributed by atoms with Crippen LogP contribution in [0.2, 0.25) is 0 Å². The standard InChI is InChI=1S/C13H13FN4S/c1-8-7-19-12(16-8)4-5-18-11-3-2-9(14)6-10(11)17-13(18)15/h2-3,6-7H,4-5H2,1H3,(H2,15,17). The van der Waals surface area contributed by atoms with E-state index in [4.69, 9.17) is 5.73 Å². The minimum absolute atomic E-state index is 0.298. The summed E-state index contributed by atoms with van der Waals surface area (Å²) in [5.74, 6) is 0.113. The first kappa shape index (κ1) is 12.1. The lowest BCUT2D eigenvalue weighted by molar-refractivity contribution is 0.629. The molecule has 0 spiro atoms. The molecule has 4 nitrogen and oxygen atoms in total. The monoisotopic (exact) mass is 276 g/mol. The van der Waals surface area contributed by atoms with Crippen molar-refractivity contribution in [1.29, 1.82) is 0 Å². The van der Waals surface area contributed by atoms with E-state index in [-0.39, 0.29) is 5.82 Å². The number of aryl methyl sites for hydroxylation is 3. The van der Waals surface area contributed by atoms with Crippen molar-refractivity contribution in [3.05, 3.63) is 40.1 Å². The molecule has 19 heavy (non-hydrogen) atoms. The molecular formula is C13H13FN4S. The van der Waals surface area contributed by atoms with Crippen LogP contribution in [0.4, 0.5) is 10.3 Å². The van der Waals surface area contributed by atoms with Crippen LogP contribution in [0.25, 0.3) is 11.0 Å². The molecule has 0 radical (unpaired) electrons. The summed E-state index contributed by atoms with van der Waals surface area (Å²) in [7, 11) is 0. The molecule has 0 atom stereocenters. The second-order valence-corrected chi connectivity index (χ2v) is 5.33. The lowest BCUT2D eigenvalue weighted by Gasteiger charge is -2.04. The predicted molar refractivity (Wildman–Crippen MR) is 74.7 cm³/mol. The van der Waals surface area contributed by atoms with Crippen LogP contribution in [0.1, 0.15) is 10.7 Å². The Morgan fingerprint density at radius 2 is 2.21 bits per heavy atom. The third-order valence-electron chi connectivity index (χ3n) is 2.96. The molecular weight excluding hydrogens is 263 g/mol. The summed E-state index contributed by atoms with van der Waals surface area (Å²) in [6, 6.07) is 4.53. The minimum atomic E-state index is -0.298. The first-order chi connectivity index (χ1) is 9.13. The molecule has 0 saturated carbocycles. The van der Waals surface area contributed by atoms with Gasteiger partial charge in [0.2, 0.25) is 5.95 Å². The van der Waals surface area contributed by atoms with Crippen LogP contribution in [0.5, 0.6) is 0 Å². The molecule has 0 fully saturated rings. The maximum Gasteiger partial charge on any atom is 0.201 e. The summed E-state index contributed by atoms with van der Waals surface area (Å²) in [4.78, 5) is 8.59. The van der Waals surface area contributed by atoms with Gasteiger partial charge in [0.1, 0.15) is 5.82 Å². The average molecular weight is 276 g/mol. The fourth-order valence-electron chi connectivity index (χ4n) is 2.08. The number of nitrogen functional groups attached to an aromatic ring is 1. The summed E-state index contributed by atoms with van der Waals surface area (Å²) in [5.41, 5.74) is 8.36. The van der Waals surface area contributed by atoms with Gasteiger partial charge in [-0.1, -0.05) is 0 Å². The number of fused-ring (bicyclic) bond motifs is 1. The number of aromatic nitrogens is 3. The fourth-order valence-corrected chi connectivity index (χ4v) is 2.85. The summed E-state index contributed by atoms with van der Waals surface area (Å²) < 4.78 is 15.0. The van der Waals surface area contributed by atoms with Gasteiger partial charge in [-0.25, -0.2) is 14.4 Å². The summed E-state index contributed by atoms with van der Waals surface area (Å²) >= 11 is 1.64. The number of rotatable bonds is 3. The van der Waals surface area contributed by atoms with Crippen LogP contribution in [0, 0.1) is 12.7 Å². The van der Waals surface area contributed by atoms with Gasteiger partial charge in [-0.05, 0) is 19.1 Å². The highest BCUT2D eigenvalue weighted by molar-refractivity contribution is 7.09. The van der Waals surface area contributed by atoms with Gasteiger partial charge in [-0.15, -0.1) is 11.3 Å². The Morgan fingerprint density at radius 3 is 2.95 bits per heavy atom. The molecule has 0 bridgehead atoms. The Morgan fingerprint density at radius 1 is 1.37 bits per heavy atom. The number of nitrogens with zero attached hydrogens (tertiary/aromatic N) is 3. The number of benzene rings is 1. The van der Waals surface area contributed by atoms with E-state index in [1.807, 2.05) is 16.9 Å². The van der Waals surface area contributed by atoms with E-state index < -0.39 is 0 Å². The minimum Gasteiger partial charge on any atom is -0.369 e. The van der Waals surface area contributed by atoms with Crippen molar-refractivity contribution in [3.8, 4) is 0 Å². The zero-order valence-electron chi connectivity index (χ0n) is 10.4. The molecule has 0 saturated heterocycles. The Balaban J connectivity index is 1.90. The molecule has 0 unspecified atom stereocenters. The summed E-state index contributed by atoms with van der Waals surface area (Å²) in [6.07, 6.45) is 0.797. The van der Waals surface area contributed by atoms with Crippen molar-refractivity contribution in [2.24, 2.45) is 0 Å². The van der Waals surface area contributed by atoms with Gasteiger partial charge in [0.05, 0.1) is 16.0 Å². The van der Waals surface area contributed by atoms with Crippen LogP contribution in [0.15, 0.2) is 23.6 Å². The van der Waals surface area contributed by atoms with Gasteiger partial charge in [-0.2, -0.15) is 0 Å². The highest BCUT2D eigenvalue weighted by Crippen LogP contribution is 2.20. The van der Waals surface area contributed by atoms with Crippen molar-refractivity contribution in [2.75, 3.05) is 5.73 Å². The molecule has 2 N–H and O–H groups in total. The van der Waals surface area contributed by atoms with Crippen molar-refractivity contribution < 1.29 is 4.39 Å². The lowest BCUT2D eigenvalue weighted by atomic mass is 10.3. The molecule has 3 rings (SSSR count). The first-order valence-electron chi connectivity index (χ1n) is 5.96. The quantitative estimate of drug-likeness (QED) is 0.800. The molecule has 2 aromatic heterocycles. The summed E-state index contributed by atoms with van der Waals surface area (Å²) in [5, 5.41) is 3.10. The van der Waals surface area contributed by atoms with E-state index in [1.165, 1.54) is 12.1 Å². The van der Waals surface area contributed by atoms with Crippen molar-refractivity contribution in [1.82, 2.24) is 14.5 Å². The van der Waals surface area contributed by atoms with Gasteiger partial charge in [0.15, 0.2) is 0 Å². The van der Waals surface area contributed by atoms with Crippen LogP contribution >= 0.6 is 11.3 Å². The molecule has 0 aliphatic heterocycles. The number of hydrogen-bond donors (Lipinski definition) is 1.